The summed E-state index contributed by atoms with van der Waals surface area (Å²) in [4.78, 5) is 2.05. The van der Waals surface area contributed by atoms with Crippen molar-refractivity contribution in [2.75, 3.05) is 31.2 Å². The molecule has 0 atom stereocenters. The minimum atomic E-state index is 0.625. The summed E-state index contributed by atoms with van der Waals surface area (Å²) in [5.74, 6) is 0.696. The third-order valence-electron chi connectivity index (χ3n) is 2.04. The third kappa shape index (κ3) is 1.80. The van der Waals surface area contributed by atoms with Crippen LogP contribution in [0.15, 0.2) is 4.42 Å². The summed E-state index contributed by atoms with van der Waals surface area (Å²) in [5.41, 5.74) is 0. The maximum atomic E-state index is 5.42. The van der Waals surface area contributed by atoms with Crippen LogP contribution in [0.4, 0.5) is 6.01 Å². The van der Waals surface area contributed by atoms with Crippen molar-refractivity contribution in [2.45, 2.75) is 13.3 Å². The van der Waals surface area contributed by atoms with E-state index < -0.39 is 0 Å². The first-order chi connectivity index (χ1) is 6.40. The minimum absolute atomic E-state index is 0.625. The SMILES string of the molecule is CCc1nnc(N2CCOCC2)o1. The zero-order valence-electron chi connectivity index (χ0n) is 7.69. The van der Waals surface area contributed by atoms with Gasteiger partial charge in [-0.2, -0.15) is 0 Å². The van der Waals surface area contributed by atoms with Gasteiger partial charge in [-0.05, 0) is 0 Å². The molecule has 5 nitrogen and oxygen atoms in total. The Morgan fingerprint density at radius 3 is 2.69 bits per heavy atom. The summed E-state index contributed by atoms with van der Waals surface area (Å²) in [6.07, 6.45) is 0.789. The minimum Gasteiger partial charge on any atom is -0.408 e. The molecule has 2 heterocycles. The van der Waals surface area contributed by atoms with Gasteiger partial charge in [0.25, 0.3) is 0 Å². The molecule has 0 spiro atoms. The van der Waals surface area contributed by atoms with Crippen LogP contribution < -0.4 is 4.90 Å². The molecule has 0 aromatic carbocycles. The van der Waals surface area contributed by atoms with E-state index >= 15 is 0 Å². The van der Waals surface area contributed by atoms with E-state index in [-0.39, 0.29) is 0 Å². The van der Waals surface area contributed by atoms with E-state index in [1.807, 2.05) is 6.92 Å². The highest BCUT2D eigenvalue weighted by molar-refractivity contribution is 5.24. The highest BCUT2D eigenvalue weighted by Crippen LogP contribution is 2.13. The predicted octanol–water partition coefficient (Wildman–Crippen LogP) is 0.469. The Balaban J connectivity index is 2.05. The van der Waals surface area contributed by atoms with Crippen LogP contribution in [0, 0.1) is 0 Å². The first-order valence-electron chi connectivity index (χ1n) is 4.55. The molecule has 1 aromatic rings. The maximum Gasteiger partial charge on any atom is 0.318 e. The molecule has 1 aliphatic heterocycles. The van der Waals surface area contributed by atoms with E-state index in [4.69, 9.17) is 9.15 Å². The molecule has 1 aliphatic rings. The first-order valence-corrected chi connectivity index (χ1v) is 4.55. The number of hydrogen-bond acceptors (Lipinski definition) is 5. The Morgan fingerprint density at radius 2 is 2.08 bits per heavy atom. The van der Waals surface area contributed by atoms with Crippen LogP contribution in [-0.4, -0.2) is 36.5 Å². The van der Waals surface area contributed by atoms with Gasteiger partial charge in [0.15, 0.2) is 0 Å². The van der Waals surface area contributed by atoms with Gasteiger partial charge in [-0.1, -0.05) is 12.0 Å². The van der Waals surface area contributed by atoms with Gasteiger partial charge in [-0.25, -0.2) is 0 Å². The first kappa shape index (κ1) is 8.50. The lowest BCUT2D eigenvalue weighted by atomic mass is 10.4. The molecule has 0 unspecified atom stereocenters. The van der Waals surface area contributed by atoms with Crippen molar-refractivity contribution < 1.29 is 9.15 Å². The molecule has 72 valence electrons. The van der Waals surface area contributed by atoms with Gasteiger partial charge in [0.2, 0.25) is 5.89 Å². The van der Waals surface area contributed by atoms with Crippen molar-refractivity contribution in [1.29, 1.82) is 0 Å². The molecule has 0 bridgehead atoms. The molecule has 0 radical (unpaired) electrons. The van der Waals surface area contributed by atoms with Crippen LogP contribution in [0.1, 0.15) is 12.8 Å². The molecule has 0 aliphatic carbocycles. The molecule has 5 heteroatoms. The fourth-order valence-corrected chi connectivity index (χ4v) is 1.27. The fourth-order valence-electron chi connectivity index (χ4n) is 1.27. The monoisotopic (exact) mass is 183 g/mol. The molecule has 2 rings (SSSR count). The molecule has 1 aromatic heterocycles. The molecule has 0 saturated carbocycles. The van der Waals surface area contributed by atoms with Crippen LogP contribution in [0.25, 0.3) is 0 Å². The summed E-state index contributed by atoms with van der Waals surface area (Å²) >= 11 is 0. The molecule has 0 N–H and O–H groups in total. The third-order valence-corrected chi connectivity index (χ3v) is 2.04. The summed E-state index contributed by atoms with van der Waals surface area (Å²) in [6.45, 7) is 5.15. The standard InChI is InChI=1S/C8H13N3O2/c1-2-7-9-10-8(13-7)11-3-5-12-6-4-11/h2-6H2,1H3. The Labute approximate surface area is 76.7 Å². The lowest BCUT2D eigenvalue weighted by Gasteiger charge is -2.24. The largest absolute Gasteiger partial charge is 0.408 e. The number of morpholine rings is 1. The number of aromatic nitrogens is 2. The highest BCUT2D eigenvalue weighted by atomic mass is 16.5. The van der Waals surface area contributed by atoms with Gasteiger partial charge in [0, 0.05) is 19.5 Å². The maximum absolute atomic E-state index is 5.42. The second-order valence-corrected chi connectivity index (χ2v) is 2.93. The number of anilines is 1. The Morgan fingerprint density at radius 1 is 1.31 bits per heavy atom. The van der Waals surface area contributed by atoms with Crippen molar-refractivity contribution in [3.05, 3.63) is 5.89 Å². The Hall–Kier alpha value is -1.10. The van der Waals surface area contributed by atoms with Crippen LogP contribution in [-0.2, 0) is 11.2 Å². The molecule has 13 heavy (non-hydrogen) atoms. The van der Waals surface area contributed by atoms with Gasteiger partial charge in [-0.15, -0.1) is 5.10 Å². The summed E-state index contributed by atoms with van der Waals surface area (Å²) in [5, 5.41) is 7.88. The zero-order chi connectivity index (χ0) is 9.10. The second-order valence-electron chi connectivity index (χ2n) is 2.93. The normalized spacial score (nSPS) is 17.8. The van der Waals surface area contributed by atoms with Crippen LogP contribution >= 0.6 is 0 Å². The topological polar surface area (TPSA) is 51.4 Å². The summed E-state index contributed by atoms with van der Waals surface area (Å²) < 4.78 is 10.6. The molecule has 0 amide bonds. The van der Waals surface area contributed by atoms with Crippen LogP contribution in [0.2, 0.25) is 0 Å². The molecule has 1 saturated heterocycles. The van der Waals surface area contributed by atoms with Crippen LogP contribution in [0.5, 0.6) is 0 Å². The lowest BCUT2D eigenvalue weighted by molar-refractivity contribution is 0.120. The van der Waals surface area contributed by atoms with Gasteiger partial charge in [0.05, 0.1) is 13.2 Å². The number of nitrogens with zero attached hydrogens (tertiary/aromatic N) is 3. The van der Waals surface area contributed by atoms with E-state index in [0.717, 1.165) is 32.7 Å². The quantitative estimate of drug-likeness (QED) is 0.667. The number of ether oxygens (including phenoxy) is 1. The van der Waals surface area contributed by atoms with E-state index in [0.29, 0.717) is 11.9 Å². The van der Waals surface area contributed by atoms with E-state index in [2.05, 4.69) is 15.1 Å². The van der Waals surface area contributed by atoms with Crippen molar-refractivity contribution in [3.63, 3.8) is 0 Å². The number of hydrogen-bond donors (Lipinski definition) is 0. The van der Waals surface area contributed by atoms with E-state index in [1.54, 1.807) is 0 Å². The average Bonchev–Trinajstić information content (AvgIpc) is 2.67. The average molecular weight is 183 g/mol. The summed E-state index contributed by atoms with van der Waals surface area (Å²) in [6, 6.07) is 0.625. The summed E-state index contributed by atoms with van der Waals surface area (Å²) in [7, 11) is 0. The van der Waals surface area contributed by atoms with Crippen molar-refractivity contribution in [1.82, 2.24) is 10.2 Å². The van der Waals surface area contributed by atoms with Gasteiger partial charge < -0.3 is 14.1 Å². The Bertz CT molecular complexity index is 268. The fraction of sp³-hybridized carbons (Fsp3) is 0.750. The van der Waals surface area contributed by atoms with E-state index in [1.165, 1.54) is 0 Å². The molecule has 1 fully saturated rings. The number of rotatable bonds is 2. The van der Waals surface area contributed by atoms with Gasteiger partial charge in [0.1, 0.15) is 0 Å². The van der Waals surface area contributed by atoms with Gasteiger partial charge >= 0.3 is 6.01 Å². The second kappa shape index (κ2) is 3.74. The lowest BCUT2D eigenvalue weighted by Crippen LogP contribution is -2.36. The highest BCUT2D eigenvalue weighted by Gasteiger charge is 2.16. The Kier molecular flexibility index (Phi) is 2.44. The zero-order valence-corrected chi connectivity index (χ0v) is 7.69. The smallest absolute Gasteiger partial charge is 0.318 e. The molecular formula is C8H13N3O2. The molecular weight excluding hydrogens is 170 g/mol. The van der Waals surface area contributed by atoms with Crippen molar-refractivity contribution >= 4 is 6.01 Å². The van der Waals surface area contributed by atoms with Crippen molar-refractivity contribution in [3.8, 4) is 0 Å². The number of aryl methyl sites for hydroxylation is 1. The van der Waals surface area contributed by atoms with E-state index in [9.17, 15) is 0 Å². The van der Waals surface area contributed by atoms with Gasteiger partial charge in [-0.3, -0.25) is 0 Å². The predicted molar refractivity (Wildman–Crippen MR) is 46.7 cm³/mol. The van der Waals surface area contributed by atoms with Crippen LogP contribution in [0.3, 0.4) is 0 Å². The van der Waals surface area contributed by atoms with Crippen molar-refractivity contribution in [2.24, 2.45) is 0 Å².